The molecule has 2 amide bonds. The SMILES string of the molecule is C[C@@H]1CN(C(=O)[C@@H]2CCCC[C@H]2C(=O)c2ccc(C(F)(F)F)cc2)[C@@H](CCCN=C(N)N)CN1C(=O)Cc1ccc2ccccc2c1. The van der Waals surface area contributed by atoms with E-state index >= 15 is 0 Å². The number of fused-ring (bicyclic) bond motifs is 1. The molecule has 0 unspecified atom stereocenters. The lowest BCUT2D eigenvalue weighted by Crippen LogP contribution is -2.62. The van der Waals surface area contributed by atoms with Gasteiger partial charge < -0.3 is 21.3 Å². The zero-order valence-corrected chi connectivity index (χ0v) is 26.6. The summed E-state index contributed by atoms with van der Waals surface area (Å²) in [6.07, 6.45) is -0.576. The number of carbonyl (C=O) groups is 3. The van der Waals surface area contributed by atoms with E-state index in [0.717, 1.165) is 41.3 Å². The molecule has 47 heavy (non-hydrogen) atoms. The second-order valence-corrected chi connectivity index (χ2v) is 12.8. The Labute approximate surface area is 273 Å². The van der Waals surface area contributed by atoms with E-state index in [1.807, 2.05) is 59.2 Å². The maximum Gasteiger partial charge on any atom is 0.416 e. The highest BCUT2D eigenvalue weighted by Gasteiger charge is 2.43. The first-order chi connectivity index (χ1) is 22.4. The van der Waals surface area contributed by atoms with E-state index in [-0.39, 0.29) is 47.6 Å². The number of benzene rings is 3. The molecule has 0 bridgehead atoms. The number of rotatable bonds is 9. The van der Waals surface area contributed by atoms with Crippen LogP contribution in [0, 0.1) is 11.8 Å². The normalized spacial score (nSPS) is 21.8. The maximum absolute atomic E-state index is 14.3. The lowest BCUT2D eigenvalue weighted by atomic mass is 9.74. The van der Waals surface area contributed by atoms with E-state index in [1.54, 1.807) is 0 Å². The van der Waals surface area contributed by atoms with Gasteiger partial charge in [-0.25, -0.2) is 0 Å². The monoisotopic (exact) mass is 649 g/mol. The van der Waals surface area contributed by atoms with Crippen molar-refractivity contribution in [1.82, 2.24) is 9.80 Å². The number of alkyl halides is 3. The molecule has 1 aliphatic heterocycles. The minimum Gasteiger partial charge on any atom is -0.370 e. The van der Waals surface area contributed by atoms with E-state index in [0.29, 0.717) is 45.3 Å². The molecular formula is C36H42F3N5O3. The quantitative estimate of drug-likeness (QED) is 0.136. The van der Waals surface area contributed by atoms with Crippen LogP contribution < -0.4 is 11.5 Å². The Morgan fingerprint density at radius 1 is 0.872 bits per heavy atom. The molecule has 3 aromatic rings. The van der Waals surface area contributed by atoms with E-state index < -0.39 is 23.6 Å². The van der Waals surface area contributed by atoms with Crippen molar-refractivity contribution in [3.8, 4) is 0 Å². The lowest BCUT2D eigenvalue weighted by molar-refractivity contribution is -0.150. The topological polar surface area (TPSA) is 122 Å². The molecule has 0 spiro atoms. The molecule has 1 saturated carbocycles. The lowest BCUT2D eigenvalue weighted by Gasteiger charge is -2.47. The van der Waals surface area contributed by atoms with Gasteiger partial charge in [0.05, 0.1) is 12.0 Å². The molecule has 8 nitrogen and oxygen atoms in total. The summed E-state index contributed by atoms with van der Waals surface area (Å²) in [4.78, 5) is 49.4. The fraction of sp³-hybridized carbons (Fsp3) is 0.444. The summed E-state index contributed by atoms with van der Waals surface area (Å²) >= 11 is 0. The number of hydrogen-bond acceptors (Lipinski definition) is 4. The van der Waals surface area contributed by atoms with Gasteiger partial charge in [0.1, 0.15) is 0 Å². The number of piperazine rings is 1. The number of guanidine groups is 1. The highest BCUT2D eigenvalue weighted by atomic mass is 19.4. The Hall–Kier alpha value is -4.41. The molecule has 0 aromatic heterocycles. The molecule has 1 saturated heterocycles. The van der Waals surface area contributed by atoms with E-state index in [2.05, 4.69) is 4.99 Å². The van der Waals surface area contributed by atoms with Crippen LogP contribution in [0.25, 0.3) is 10.8 Å². The van der Waals surface area contributed by atoms with Crippen molar-refractivity contribution in [2.75, 3.05) is 19.6 Å². The van der Waals surface area contributed by atoms with Crippen molar-refractivity contribution in [3.05, 3.63) is 83.4 Å². The van der Waals surface area contributed by atoms with Crippen LogP contribution in [-0.4, -0.2) is 65.1 Å². The summed E-state index contributed by atoms with van der Waals surface area (Å²) in [5.74, 6) is -1.71. The number of ketones is 1. The Bertz CT molecular complexity index is 1620. The number of nitrogens with two attached hydrogens (primary N) is 2. The molecule has 250 valence electrons. The number of Topliss-reactive ketones (excluding diaryl/α,β-unsaturated/α-hetero) is 1. The largest absolute Gasteiger partial charge is 0.416 e. The Kier molecular flexibility index (Phi) is 10.5. The molecule has 3 aromatic carbocycles. The van der Waals surface area contributed by atoms with Crippen LogP contribution in [0.4, 0.5) is 13.2 Å². The second kappa shape index (κ2) is 14.6. The van der Waals surface area contributed by atoms with Crippen LogP contribution in [-0.2, 0) is 22.2 Å². The molecule has 1 aliphatic carbocycles. The Morgan fingerprint density at radius 2 is 1.55 bits per heavy atom. The average Bonchev–Trinajstić information content (AvgIpc) is 3.06. The summed E-state index contributed by atoms with van der Waals surface area (Å²) in [5.41, 5.74) is 11.3. The number of amides is 2. The summed E-state index contributed by atoms with van der Waals surface area (Å²) < 4.78 is 39.4. The molecule has 0 radical (unpaired) electrons. The van der Waals surface area contributed by atoms with Gasteiger partial charge in [-0.3, -0.25) is 19.4 Å². The van der Waals surface area contributed by atoms with Crippen molar-refractivity contribution in [2.45, 2.75) is 70.1 Å². The summed E-state index contributed by atoms with van der Waals surface area (Å²) in [6, 6.07) is 17.7. The summed E-state index contributed by atoms with van der Waals surface area (Å²) in [5, 5.41) is 2.16. The standard InChI is InChI=1S/C36H42F3N5O3/c1-23-21-44(34(47)31-11-5-4-10-30(31)33(46)26-14-16-28(17-15-26)36(37,38)39)29(9-6-18-42-35(40)41)22-43(23)32(45)20-24-12-13-25-7-2-3-8-27(25)19-24/h2-3,7-8,12-17,19,23,29-31H,4-6,9-11,18,20-22H2,1H3,(H4,40,41,42)/t23-,29+,30-,31-/m1/s1. The smallest absolute Gasteiger partial charge is 0.370 e. The van der Waals surface area contributed by atoms with Crippen molar-refractivity contribution in [3.63, 3.8) is 0 Å². The second-order valence-electron chi connectivity index (χ2n) is 12.8. The van der Waals surface area contributed by atoms with Gasteiger partial charge in [0.25, 0.3) is 0 Å². The van der Waals surface area contributed by atoms with Gasteiger partial charge >= 0.3 is 6.18 Å². The molecule has 2 fully saturated rings. The summed E-state index contributed by atoms with van der Waals surface area (Å²) in [6.45, 7) is 2.96. The van der Waals surface area contributed by atoms with Crippen LogP contribution in [0.3, 0.4) is 0 Å². The van der Waals surface area contributed by atoms with E-state index in [9.17, 15) is 27.6 Å². The predicted molar refractivity (Wildman–Crippen MR) is 175 cm³/mol. The predicted octanol–water partition coefficient (Wildman–Crippen LogP) is 5.57. The number of nitrogens with zero attached hydrogens (tertiary/aromatic N) is 3. The minimum absolute atomic E-state index is 0.0192. The first kappa shape index (κ1) is 33.9. The Balaban J connectivity index is 1.34. The van der Waals surface area contributed by atoms with Crippen LogP contribution in [0.15, 0.2) is 71.7 Å². The fourth-order valence-electron chi connectivity index (χ4n) is 7.05. The number of aliphatic imine (C=N–C) groups is 1. The van der Waals surface area contributed by atoms with Gasteiger partial charge in [-0.15, -0.1) is 0 Å². The molecule has 11 heteroatoms. The average molecular weight is 650 g/mol. The minimum atomic E-state index is -4.50. The molecule has 2 aliphatic rings. The van der Waals surface area contributed by atoms with Crippen LogP contribution in [0.5, 0.6) is 0 Å². The van der Waals surface area contributed by atoms with E-state index in [1.165, 1.54) is 12.1 Å². The van der Waals surface area contributed by atoms with Crippen molar-refractivity contribution >= 4 is 34.3 Å². The number of hydrogen-bond donors (Lipinski definition) is 2. The van der Waals surface area contributed by atoms with Crippen LogP contribution >= 0.6 is 0 Å². The molecule has 4 atom stereocenters. The highest BCUT2D eigenvalue weighted by Crippen LogP contribution is 2.36. The van der Waals surface area contributed by atoms with Gasteiger partial charge in [-0.2, -0.15) is 13.2 Å². The van der Waals surface area contributed by atoms with Gasteiger partial charge in [-0.1, -0.05) is 67.4 Å². The van der Waals surface area contributed by atoms with Crippen LogP contribution in [0.2, 0.25) is 0 Å². The first-order valence-electron chi connectivity index (χ1n) is 16.3. The van der Waals surface area contributed by atoms with Crippen molar-refractivity contribution in [1.29, 1.82) is 0 Å². The highest BCUT2D eigenvalue weighted by molar-refractivity contribution is 6.00. The third-order valence-corrected chi connectivity index (χ3v) is 9.52. The van der Waals surface area contributed by atoms with Gasteiger partial charge in [0.15, 0.2) is 11.7 Å². The fourth-order valence-corrected chi connectivity index (χ4v) is 7.05. The molecular weight excluding hydrogens is 607 g/mol. The third-order valence-electron chi connectivity index (χ3n) is 9.52. The zero-order chi connectivity index (χ0) is 33.7. The van der Waals surface area contributed by atoms with Gasteiger partial charge in [0, 0.05) is 49.1 Å². The maximum atomic E-state index is 14.3. The molecule has 1 heterocycles. The summed E-state index contributed by atoms with van der Waals surface area (Å²) in [7, 11) is 0. The number of halogens is 3. The van der Waals surface area contributed by atoms with Gasteiger partial charge in [0.2, 0.25) is 11.8 Å². The molecule has 4 N–H and O–H groups in total. The number of carbonyl (C=O) groups excluding carboxylic acids is 3. The van der Waals surface area contributed by atoms with E-state index in [4.69, 9.17) is 11.5 Å². The van der Waals surface area contributed by atoms with Crippen LogP contribution in [0.1, 0.15) is 66.9 Å². The zero-order valence-electron chi connectivity index (χ0n) is 26.6. The van der Waals surface area contributed by atoms with Crippen molar-refractivity contribution in [2.24, 2.45) is 28.3 Å². The van der Waals surface area contributed by atoms with Crippen molar-refractivity contribution < 1.29 is 27.6 Å². The molecule has 5 rings (SSSR count). The Morgan fingerprint density at radius 3 is 2.23 bits per heavy atom. The first-order valence-corrected chi connectivity index (χ1v) is 16.3. The third kappa shape index (κ3) is 8.12. The van der Waals surface area contributed by atoms with Gasteiger partial charge in [-0.05, 0) is 61.1 Å².